The van der Waals surface area contributed by atoms with Crippen LogP contribution in [-0.4, -0.2) is 49.8 Å². The predicted molar refractivity (Wildman–Crippen MR) is 114 cm³/mol. The molecule has 1 aliphatic heterocycles. The number of sulfonamides is 1. The minimum atomic E-state index is -3.44. The first-order valence-electron chi connectivity index (χ1n) is 9.25. The van der Waals surface area contributed by atoms with Crippen LogP contribution in [0, 0.1) is 5.82 Å². The fourth-order valence-corrected chi connectivity index (χ4v) is 5.71. The number of hydrogen-bond donors (Lipinski definition) is 1. The van der Waals surface area contributed by atoms with Crippen LogP contribution in [0.3, 0.4) is 0 Å². The lowest BCUT2D eigenvalue weighted by molar-refractivity contribution is 0.102. The fraction of sp³-hybridized carbons (Fsp3) is 0.200. The van der Waals surface area contributed by atoms with Crippen molar-refractivity contribution >= 4 is 38.8 Å². The molecule has 4 rings (SSSR count). The first kappa shape index (κ1) is 20.5. The molecule has 1 amide bonds. The number of rotatable bonds is 5. The Balaban J connectivity index is 1.36. The summed E-state index contributed by atoms with van der Waals surface area (Å²) in [5.74, 6) is -0.0410. The lowest BCUT2D eigenvalue weighted by Crippen LogP contribution is -2.48. The number of nitrogens with one attached hydrogen (secondary N) is 1. The van der Waals surface area contributed by atoms with E-state index in [1.165, 1.54) is 39.9 Å². The number of halogens is 1. The van der Waals surface area contributed by atoms with Crippen LogP contribution < -0.4 is 10.2 Å². The summed E-state index contributed by atoms with van der Waals surface area (Å²) in [4.78, 5) is 18.6. The van der Waals surface area contributed by atoms with Gasteiger partial charge in [-0.15, -0.1) is 11.3 Å². The zero-order chi connectivity index (χ0) is 21.1. The Bertz CT molecular complexity index is 1110. The summed E-state index contributed by atoms with van der Waals surface area (Å²) in [5.41, 5.74) is 0.871. The zero-order valence-corrected chi connectivity index (χ0v) is 17.5. The monoisotopic (exact) mass is 446 g/mol. The van der Waals surface area contributed by atoms with Gasteiger partial charge >= 0.3 is 0 Å². The van der Waals surface area contributed by atoms with Crippen LogP contribution in [0.1, 0.15) is 10.4 Å². The van der Waals surface area contributed by atoms with Crippen molar-refractivity contribution < 1.29 is 17.6 Å². The number of pyridine rings is 1. The van der Waals surface area contributed by atoms with Crippen molar-refractivity contribution in [2.24, 2.45) is 0 Å². The van der Waals surface area contributed by atoms with Crippen molar-refractivity contribution in [2.75, 3.05) is 36.4 Å². The smallest absolute Gasteiger partial charge is 0.255 e. The van der Waals surface area contributed by atoms with E-state index in [9.17, 15) is 17.6 Å². The van der Waals surface area contributed by atoms with Crippen molar-refractivity contribution in [3.05, 3.63) is 71.5 Å². The van der Waals surface area contributed by atoms with Gasteiger partial charge in [-0.05, 0) is 47.8 Å². The summed E-state index contributed by atoms with van der Waals surface area (Å²) in [5, 5.41) is 4.48. The molecule has 7 nitrogen and oxygen atoms in total. The van der Waals surface area contributed by atoms with Crippen LogP contribution in [-0.2, 0) is 10.0 Å². The Hall–Kier alpha value is -2.82. The maximum atomic E-state index is 13.0. The minimum absolute atomic E-state index is 0.350. The molecular formula is C20H19FN4O3S2. The Morgan fingerprint density at radius 3 is 2.37 bits per heavy atom. The lowest BCUT2D eigenvalue weighted by atomic mass is 10.2. The lowest BCUT2D eigenvalue weighted by Gasteiger charge is -2.34. The second-order valence-electron chi connectivity index (χ2n) is 6.69. The number of amides is 1. The topological polar surface area (TPSA) is 82.6 Å². The van der Waals surface area contributed by atoms with Gasteiger partial charge in [0.1, 0.15) is 15.8 Å². The molecule has 0 saturated carbocycles. The number of thiophene rings is 1. The molecule has 3 aromatic rings. The zero-order valence-electron chi connectivity index (χ0n) is 15.9. The van der Waals surface area contributed by atoms with Gasteiger partial charge in [0.15, 0.2) is 0 Å². The average molecular weight is 447 g/mol. The van der Waals surface area contributed by atoms with Gasteiger partial charge in [-0.1, -0.05) is 6.07 Å². The van der Waals surface area contributed by atoms with Crippen molar-refractivity contribution in [1.82, 2.24) is 9.29 Å². The van der Waals surface area contributed by atoms with E-state index >= 15 is 0 Å². The van der Waals surface area contributed by atoms with Gasteiger partial charge < -0.3 is 10.2 Å². The van der Waals surface area contributed by atoms with Gasteiger partial charge in [-0.2, -0.15) is 4.31 Å². The van der Waals surface area contributed by atoms with Crippen LogP contribution in [0.2, 0.25) is 0 Å². The molecule has 1 N–H and O–H groups in total. The van der Waals surface area contributed by atoms with Gasteiger partial charge in [0.05, 0.1) is 11.9 Å². The van der Waals surface area contributed by atoms with Crippen molar-refractivity contribution in [3.8, 4) is 0 Å². The highest BCUT2D eigenvalue weighted by Crippen LogP contribution is 2.23. The summed E-state index contributed by atoms with van der Waals surface area (Å²) in [6.07, 6.45) is 1.55. The molecule has 0 radical (unpaired) electrons. The van der Waals surface area contributed by atoms with Crippen molar-refractivity contribution in [1.29, 1.82) is 0 Å². The van der Waals surface area contributed by atoms with Crippen LogP contribution in [0.25, 0.3) is 0 Å². The van der Waals surface area contributed by atoms with Crippen LogP contribution in [0.4, 0.5) is 15.9 Å². The van der Waals surface area contributed by atoms with E-state index in [4.69, 9.17) is 0 Å². The Kier molecular flexibility index (Phi) is 5.80. The molecule has 1 aliphatic rings. The van der Waals surface area contributed by atoms with Crippen LogP contribution in [0.5, 0.6) is 0 Å². The second-order valence-corrected chi connectivity index (χ2v) is 9.80. The second kappa shape index (κ2) is 8.50. The number of hydrogen-bond acceptors (Lipinski definition) is 6. The van der Waals surface area contributed by atoms with E-state index in [0.717, 1.165) is 0 Å². The SMILES string of the molecule is O=C(Nc1ccc(N2CCN(S(=O)(=O)c3cccs3)CC2)nc1)c1ccc(F)cc1. The molecular weight excluding hydrogens is 427 g/mol. The van der Waals surface area contributed by atoms with Gasteiger partial charge in [-0.3, -0.25) is 4.79 Å². The van der Waals surface area contributed by atoms with Crippen LogP contribution in [0.15, 0.2) is 64.3 Å². The van der Waals surface area contributed by atoms with E-state index < -0.39 is 15.8 Å². The Morgan fingerprint density at radius 2 is 1.77 bits per heavy atom. The van der Waals surface area contributed by atoms with Gasteiger partial charge in [0.2, 0.25) is 0 Å². The normalized spacial score (nSPS) is 15.2. The highest BCUT2D eigenvalue weighted by atomic mass is 32.2. The largest absolute Gasteiger partial charge is 0.354 e. The van der Waals surface area contributed by atoms with E-state index in [1.807, 2.05) is 4.90 Å². The molecule has 0 spiro atoms. The van der Waals surface area contributed by atoms with E-state index in [0.29, 0.717) is 47.5 Å². The summed E-state index contributed by atoms with van der Waals surface area (Å²) in [6.45, 7) is 1.81. The first-order chi connectivity index (χ1) is 14.4. The molecule has 0 unspecified atom stereocenters. The van der Waals surface area contributed by atoms with Gasteiger partial charge in [0, 0.05) is 31.7 Å². The number of piperazine rings is 1. The quantitative estimate of drug-likeness (QED) is 0.651. The van der Waals surface area contributed by atoms with E-state index in [-0.39, 0.29) is 5.91 Å². The standard InChI is InChI=1S/C20H19FN4O3S2/c21-16-5-3-15(4-6-16)20(26)23-17-7-8-18(22-14-17)24-9-11-25(12-10-24)30(27,28)19-2-1-13-29-19/h1-8,13-14H,9-12H2,(H,23,26). The molecule has 0 atom stereocenters. The molecule has 1 fully saturated rings. The minimum Gasteiger partial charge on any atom is -0.354 e. The molecule has 10 heteroatoms. The van der Waals surface area contributed by atoms with Crippen LogP contribution >= 0.6 is 11.3 Å². The number of aromatic nitrogens is 1. The number of nitrogens with zero attached hydrogens (tertiary/aromatic N) is 3. The number of anilines is 2. The maximum absolute atomic E-state index is 13.0. The highest BCUT2D eigenvalue weighted by Gasteiger charge is 2.29. The third-order valence-electron chi connectivity index (χ3n) is 4.76. The summed E-state index contributed by atoms with van der Waals surface area (Å²) in [6, 6.07) is 12.2. The third kappa shape index (κ3) is 4.35. The predicted octanol–water partition coefficient (Wildman–Crippen LogP) is 3.05. The van der Waals surface area contributed by atoms with Crippen molar-refractivity contribution in [3.63, 3.8) is 0 Å². The molecule has 3 heterocycles. The summed E-state index contributed by atoms with van der Waals surface area (Å²) < 4.78 is 40.1. The Labute approximate surface area is 177 Å². The van der Waals surface area contributed by atoms with E-state index in [1.54, 1.807) is 35.8 Å². The number of benzene rings is 1. The Morgan fingerprint density at radius 1 is 1.03 bits per heavy atom. The molecule has 156 valence electrons. The average Bonchev–Trinajstić information content (AvgIpc) is 3.31. The molecule has 1 saturated heterocycles. The summed E-state index contributed by atoms with van der Waals surface area (Å²) >= 11 is 1.22. The maximum Gasteiger partial charge on any atom is 0.255 e. The molecule has 1 aromatic carbocycles. The van der Waals surface area contributed by atoms with E-state index in [2.05, 4.69) is 10.3 Å². The van der Waals surface area contributed by atoms with Crippen molar-refractivity contribution in [2.45, 2.75) is 4.21 Å². The third-order valence-corrected chi connectivity index (χ3v) is 8.04. The first-order valence-corrected chi connectivity index (χ1v) is 11.6. The molecule has 2 aromatic heterocycles. The van der Waals surface area contributed by atoms with Gasteiger partial charge in [0.25, 0.3) is 15.9 Å². The molecule has 0 bridgehead atoms. The fourth-order valence-electron chi connectivity index (χ4n) is 3.15. The summed E-state index contributed by atoms with van der Waals surface area (Å²) in [7, 11) is -3.44. The van der Waals surface area contributed by atoms with Gasteiger partial charge in [-0.25, -0.2) is 17.8 Å². The number of carbonyl (C=O) groups excluding carboxylic acids is 1. The molecule has 0 aliphatic carbocycles. The number of carbonyl (C=O) groups is 1. The highest BCUT2D eigenvalue weighted by molar-refractivity contribution is 7.91. The molecule has 30 heavy (non-hydrogen) atoms.